The maximum atomic E-state index is 15.4. The highest BCUT2D eigenvalue weighted by molar-refractivity contribution is 5.95. The molecular formula is C22H20FNO4. The van der Waals surface area contributed by atoms with Crippen LogP contribution in [0.1, 0.15) is 28.4 Å². The lowest BCUT2D eigenvalue weighted by Gasteiger charge is -2.14. The number of benzene rings is 3. The van der Waals surface area contributed by atoms with Crippen molar-refractivity contribution in [3.05, 3.63) is 83.2 Å². The van der Waals surface area contributed by atoms with Gasteiger partial charge in [-0.05, 0) is 47.9 Å². The molecule has 0 aromatic heterocycles. The summed E-state index contributed by atoms with van der Waals surface area (Å²) in [5.41, 5.74) is 2.84. The zero-order valence-electron chi connectivity index (χ0n) is 15.5. The summed E-state index contributed by atoms with van der Waals surface area (Å²) in [5.74, 6) is -0.136. The number of carbonyl (C=O) groups excluding carboxylic acids is 1. The standard InChI is InChI=1S/C22H20FNO4/c1-14(25)16-4-3-5-17(13-16)21-20(28-2)11-8-18(22(21)23)12-15-6-9-19(10-7-15)24(26)27/h3-11,13,26-27H,12H2,1-2H3. The Morgan fingerprint density at radius 2 is 1.79 bits per heavy atom. The lowest BCUT2D eigenvalue weighted by Crippen LogP contribution is -2.10. The quantitative estimate of drug-likeness (QED) is 0.470. The van der Waals surface area contributed by atoms with Gasteiger partial charge in [0.15, 0.2) is 5.78 Å². The van der Waals surface area contributed by atoms with Crippen LogP contribution in [0.15, 0.2) is 60.7 Å². The molecule has 0 amide bonds. The van der Waals surface area contributed by atoms with E-state index in [-0.39, 0.29) is 16.7 Å². The topological polar surface area (TPSA) is 70.0 Å². The van der Waals surface area contributed by atoms with Crippen molar-refractivity contribution >= 4 is 11.5 Å². The molecule has 0 bridgehead atoms. The molecule has 0 radical (unpaired) electrons. The molecule has 3 aromatic rings. The van der Waals surface area contributed by atoms with E-state index < -0.39 is 5.82 Å². The van der Waals surface area contributed by atoms with E-state index in [4.69, 9.17) is 15.2 Å². The third-order valence-electron chi connectivity index (χ3n) is 4.52. The molecule has 0 heterocycles. The Balaban J connectivity index is 2.02. The first-order valence-electron chi connectivity index (χ1n) is 8.64. The molecule has 0 aliphatic rings. The number of anilines is 1. The number of carbonyl (C=O) groups is 1. The molecule has 144 valence electrons. The highest BCUT2D eigenvalue weighted by atomic mass is 19.1. The molecule has 0 saturated carbocycles. The molecule has 0 atom stereocenters. The summed E-state index contributed by atoms with van der Waals surface area (Å²) >= 11 is 0. The van der Waals surface area contributed by atoms with Gasteiger partial charge in [-0.25, -0.2) is 4.39 Å². The highest BCUT2D eigenvalue weighted by Gasteiger charge is 2.17. The Morgan fingerprint density at radius 3 is 2.39 bits per heavy atom. The fraction of sp³-hybridized carbons (Fsp3) is 0.136. The molecule has 0 aliphatic heterocycles. The maximum Gasteiger partial charge on any atom is 0.159 e. The Morgan fingerprint density at radius 1 is 1.07 bits per heavy atom. The van der Waals surface area contributed by atoms with Gasteiger partial charge in [-0.2, -0.15) is 0 Å². The molecule has 28 heavy (non-hydrogen) atoms. The van der Waals surface area contributed by atoms with Gasteiger partial charge in [0.05, 0.1) is 18.4 Å². The van der Waals surface area contributed by atoms with Crippen LogP contribution in [0.2, 0.25) is 0 Å². The van der Waals surface area contributed by atoms with Crippen LogP contribution >= 0.6 is 0 Å². The number of ketones is 1. The average molecular weight is 381 g/mol. The van der Waals surface area contributed by atoms with Gasteiger partial charge < -0.3 is 4.74 Å². The van der Waals surface area contributed by atoms with Gasteiger partial charge >= 0.3 is 0 Å². The van der Waals surface area contributed by atoms with Crippen LogP contribution in [0.25, 0.3) is 11.1 Å². The minimum atomic E-state index is -0.421. The third kappa shape index (κ3) is 4.03. The molecule has 3 rings (SSSR count). The van der Waals surface area contributed by atoms with Gasteiger partial charge in [0.1, 0.15) is 11.6 Å². The molecule has 2 N–H and O–H groups in total. The number of Topliss-reactive ketones (excluding diaryl/α,β-unsaturated/α-hetero) is 1. The van der Waals surface area contributed by atoms with Crippen LogP contribution in [0.4, 0.5) is 10.1 Å². The fourth-order valence-electron chi connectivity index (χ4n) is 3.04. The van der Waals surface area contributed by atoms with Crippen molar-refractivity contribution in [2.24, 2.45) is 0 Å². The van der Waals surface area contributed by atoms with E-state index >= 15 is 4.39 Å². The Bertz CT molecular complexity index is 1000. The van der Waals surface area contributed by atoms with Crippen LogP contribution in [0.3, 0.4) is 0 Å². The second kappa shape index (κ2) is 8.21. The van der Waals surface area contributed by atoms with Crippen molar-refractivity contribution in [2.45, 2.75) is 13.3 Å². The summed E-state index contributed by atoms with van der Waals surface area (Å²) in [6.07, 6.45) is 0.312. The lowest BCUT2D eigenvalue weighted by atomic mass is 9.95. The fourth-order valence-corrected chi connectivity index (χ4v) is 3.04. The summed E-state index contributed by atoms with van der Waals surface area (Å²) in [4.78, 5) is 11.7. The summed E-state index contributed by atoms with van der Waals surface area (Å²) in [5, 5.41) is 18.1. The highest BCUT2D eigenvalue weighted by Crippen LogP contribution is 2.35. The largest absolute Gasteiger partial charge is 0.496 e. The minimum absolute atomic E-state index is 0.0257. The van der Waals surface area contributed by atoms with Crippen molar-refractivity contribution in [3.63, 3.8) is 0 Å². The Labute approximate surface area is 162 Å². The molecule has 0 fully saturated rings. The van der Waals surface area contributed by atoms with Gasteiger partial charge in [-0.15, -0.1) is 5.23 Å². The first-order chi connectivity index (χ1) is 13.4. The average Bonchev–Trinajstić information content (AvgIpc) is 2.69. The number of halogens is 1. The minimum Gasteiger partial charge on any atom is -0.496 e. The van der Waals surface area contributed by atoms with E-state index in [0.29, 0.717) is 34.4 Å². The van der Waals surface area contributed by atoms with Gasteiger partial charge in [0.25, 0.3) is 0 Å². The van der Waals surface area contributed by atoms with Crippen LogP contribution in [0.5, 0.6) is 5.75 Å². The van der Waals surface area contributed by atoms with E-state index in [0.717, 1.165) is 5.56 Å². The Hall–Kier alpha value is -3.22. The predicted octanol–water partition coefficient (Wildman–Crippen LogP) is 4.88. The SMILES string of the molecule is COc1ccc(Cc2ccc(N(O)O)cc2)c(F)c1-c1cccc(C(C)=O)c1. The first kappa shape index (κ1) is 19.5. The second-order valence-electron chi connectivity index (χ2n) is 6.39. The number of rotatable bonds is 6. The second-order valence-corrected chi connectivity index (χ2v) is 6.39. The number of ether oxygens (including phenoxy) is 1. The molecule has 5 nitrogen and oxygen atoms in total. The smallest absolute Gasteiger partial charge is 0.159 e. The number of hydrogen-bond donors (Lipinski definition) is 2. The molecule has 6 heteroatoms. The van der Waals surface area contributed by atoms with Crippen LogP contribution < -0.4 is 9.96 Å². The van der Waals surface area contributed by atoms with E-state index in [9.17, 15) is 4.79 Å². The van der Waals surface area contributed by atoms with Crippen LogP contribution in [-0.2, 0) is 6.42 Å². The number of methoxy groups -OCH3 is 1. The number of nitrogens with zero attached hydrogens (tertiary/aromatic N) is 1. The Kier molecular flexibility index (Phi) is 5.73. The lowest BCUT2D eigenvalue weighted by molar-refractivity contribution is 0.0291. The van der Waals surface area contributed by atoms with Crippen LogP contribution in [0, 0.1) is 5.82 Å². The molecular weight excluding hydrogens is 361 g/mol. The van der Waals surface area contributed by atoms with Gasteiger partial charge in [0.2, 0.25) is 0 Å². The summed E-state index contributed by atoms with van der Waals surface area (Å²) < 4.78 is 20.7. The maximum absolute atomic E-state index is 15.4. The zero-order valence-corrected chi connectivity index (χ0v) is 15.5. The summed E-state index contributed by atoms with van der Waals surface area (Å²) in [6.45, 7) is 1.46. The third-order valence-corrected chi connectivity index (χ3v) is 4.52. The molecule has 0 unspecified atom stereocenters. The van der Waals surface area contributed by atoms with Crippen molar-refractivity contribution in [1.82, 2.24) is 0 Å². The summed E-state index contributed by atoms with van der Waals surface area (Å²) in [6, 6.07) is 16.6. The summed E-state index contributed by atoms with van der Waals surface area (Å²) in [7, 11) is 1.47. The molecule has 3 aromatic carbocycles. The van der Waals surface area contributed by atoms with E-state index in [1.807, 2.05) is 0 Å². The van der Waals surface area contributed by atoms with Crippen LogP contribution in [-0.4, -0.2) is 23.3 Å². The monoisotopic (exact) mass is 381 g/mol. The first-order valence-corrected chi connectivity index (χ1v) is 8.64. The van der Waals surface area contributed by atoms with Gasteiger partial charge in [-0.1, -0.05) is 36.4 Å². The van der Waals surface area contributed by atoms with E-state index in [2.05, 4.69) is 0 Å². The van der Waals surface area contributed by atoms with Crippen molar-refractivity contribution in [2.75, 3.05) is 12.3 Å². The van der Waals surface area contributed by atoms with E-state index in [1.165, 1.54) is 26.2 Å². The number of hydrogen-bond acceptors (Lipinski definition) is 5. The van der Waals surface area contributed by atoms with Crippen molar-refractivity contribution in [1.29, 1.82) is 0 Å². The van der Waals surface area contributed by atoms with E-state index in [1.54, 1.807) is 48.5 Å². The van der Waals surface area contributed by atoms with Gasteiger partial charge in [-0.3, -0.25) is 15.2 Å². The normalized spacial score (nSPS) is 10.6. The predicted molar refractivity (Wildman–Crippen MR) is 104 cm³/mol. The molecule has 0 saturated heterocycles. The van der Waals surface area contributed by atoms with Crippen molar-refractivity contribution < 1.29 is 24.3 Å². The zero-order chi connectivity index (χ0) is 20.3. The molecule has 0 spiro atoms. The van der Waals surface area contributed by atoms with Crippen molar-refractivity contribution in [3.8, 4) is 16.9 Å². The molecule has 0 aliphatic carbocycles. The van der Waals surface area contributed by atoms with Gasteiger partial charge in [0, 0.05) is 12.0 Å².